The minimum atomic E-state index is -0.612. The summed E-state index contributed by atoms with van der Waals surface area (Å²) < 4.78 is 5.92. The number of pyridine rings is 1. The SMILES string of the molecule is O=C(N[C@@H]1C=C[C@H](CC(=O)N2CCN(c3ccccc3)CC2)O[C@@H]1CO)c1ccncc1. The number of ether oxygens (including phenoxy) is 1. The largest absolute Gasteiger partial charge is 0.394 e. The molecule has 0 bridgehead atoms. The third-order valence-corrected chi connectivity index (χ3v) is 5.83. The Hall–Kier alpha value is -3.23. The van der Waals surface area contributed by atoms with Crippen molar-refractivity contribution in [2.24, 2.45) is 0 Å². The maximum Gasteiger partial charge on any atom is 0.251 e. The van der Waals surface area contributed by atoms with Gasteiger partial charge in [-0.25, -0.2) is 0 Å². The molecule has 8 nitrogen and oxygen atoms in total. The molecule has 0 saturated carbocycles. The normalized spacial score (nSPS) is 23.1. The standard InChI is InChI=1S/C24H28N4O4/c29-17-22-21(26-24(31)18-8-10-25-11-9-18)7-6-20(32-22)16-23(30)28-14-12-27(13-15-28)19-4-2-1-3-5-19/h1-11,20-22,29H,12-17H2,(H,26,31)/t20-,21-,22-/m1/s1. The summed E-state index contributed by atoms with van der Waals surface area (Å²) in [5.74, 6) is -0.238. The summed E-state index contributed by atoms with van der Waals surface area (Å²) in [5, 5.41) is 12.6. The summed E-state index contributed by atoms with van der Waals surface area (Å²) in [6.07, 6.45) is 5.86. The number of nitrogens with one attached hydrogen (secondary N) is 1. The number of amides is 2. The van der Waals surface area contributed by atoms with E-state index in [1.165, 1.54) is 5.69 Å². The molecule has 8 heteroatoms. The Balaban J connectivity index is 1.29. The van der Waals surface area contributed by atoms with Crippen LogP contribution in [0.15, 0.2) is 67.0 Å². The van der Waals surface area contributed by atoms with Gasteiger partial charge in [-0.2, -0.15) is 0 Å². The second-order valence-electron chi connectivity index (χ2n) is 7.92. The van der Waals surface area contributed by atoms with Gasteiger partial charge in [0.1, 0.15) is 6.10 Å². The second-order valence-corrected chi connectivity index (χ2v) is 7.92. The Morgan fingerprint density at radius 3 is 2.44 bits per heavy atom. The number of carbonyl (C=O) groups is 2. The highest BCUT2D eigenvalue weighted by molar-refractivity contribution is 5.94. The van der Waals surface area contributed by atoms with Gasteiger partial charge in [-0.05, 0) is 24.3 Å². The van der Waals surface area contributed by atoms with E-state index in [0.717, 1.165) is 13.1 Å². The molecule has 1 saturated heterocycles. The van der Waals surface area contributed by atoms with Crippen molar-refractivity contribution in [1.82, 2.24) is 15.2 Å². The zero-order valence-corrected chi connectivity index (χ0v) is 17.8. The lowest BCUT2D eigenvalue weighted by Gasteiger charge is -2.37. The van der Waals surface area contributed by atoms with Crippen LogP contribution in [-0.2, 0) is 9.53 Å². The van der Waals surface area contributed by atoms with Gasteiger partial charge < -0.3 is 25.0 Å². The summed E-state index contributed by atoms with van der Waals surface area (Å²) >= 11 is 0. The molecule has 32 heavy (non-hydrogen) atoms. The first-order chi connectivity index (χ1) is 15.6. The van der Waals surface area contributed by atoms with Crippen molar-refractivity contribution >= 4 is 17.5 Å². The molecule has 2 aromatic rings. The molecule has 0 unspecified atom stereocenters. The Morgan fingerprint density at radius 1 is 1.03 bits per heavy atom. The van der Waals surface area contributed by atoms with Gasteiger partial charge in [0.05, 0.1) is 25.2 Å². The fourth-order valence-electron chi connectivity index (χ4n) is 4.03. The number of aliphatic hydroxyl groups is 1. The predicted molar refractivity (Wildman–Crippen MR) is 120 cm³/mol. The lowest BCUT2D eigenvalue weighted by Crippen LogP contribution is -2.51. The monoisotopic (exact) mass is 436 g/mol. The molecule has 0 spiro atoms. The summed E-state index contributed by atoms with van der Waals surface area (Å²) in [6.45, 7) is 2.65. The Bertz CT molecular complexity index is 930. The van der Waals surface area contributed by atoms with Crippen molar-refractivity contribution in [2.75, 3.05) is 37.7 Å². The maximum absolute atomic E-state index is 12.8. The van der Waals surface area contributed by atoms with Gasteiger partial charge >= 0.3 is 0 Å². The number of aliphatic hydroxyl groups excluding tert-OH is 1. The molecular formula is C24H28N4O4. The topological polar surface area (TPSA) is 95.0 Å². The average Bonchev–Trinajstić information content (AvgIpc) is 2.86. The minimum absolute atomic E-state index is 0.0309. The summed E-state index contributed by atoms with van der Waals surface area (Å²) in [5.41, 5.74) is 1.65. The van der Waals surface area contributed by atoms with Gasteiger partial charge in [-0.3, -0.25) is 14.6 Å². The van der Waals surface area contributed by atoms with Crippen molar-refractivity contribution in [3.8, 4) is 0 Å². The molecule has 0 aliphatic carbocycles. The van der Waals surface area contributed by atoms with Crippen LogP contribution in [0.5, 0.6) is 0 Å². The van der Waals surface area contributed by atoms with E-state index in [2.05, 4.69) is 27.3 Å². The van der Waals surface area contributed by atoms with Crippen molar-refractivity contribution in [2.45, 2.75) is 24.7 Å². The predicted octanol–water partition coefficient (Wildman–Crippen LogP) is 1.23. The van der Waals surface area contributed by atoms with Crippen molar-refractivity contribution in [1.29, 1.82) is 0 Å². The third kappa shape index (κ3) is 5.33. The van der Waals surface area contributed by atoms with E-state index in [0.29, 0.717) is 18.7 Å². The fraction of sp³-hybridized carbons (Fsp3) is 0.375. The maximum atomic E-state index is 12.8. The first-order valence-corrected chi connectivity index (χ1v) is 10.9. The molecular weight excluding hydrogens is 408 g/mol. The van der Waals surface area contributed by atoms with Gasteiger partial charge in [0.2, 0.25) is 5.91 Å². The number of hydrogen-bond donors (Lipinski definition) is 2. The summed E-state index contributed by atoms with van der Waals surface area (Å²) in [6, 6.07) is 13.0. The molecule has 1 aromatic carbocycles. The molecule has 2 aliphatic heterocycles. The van der Waals surface area contributed by atoms with E-state index in [4.69, 9.17) is 4.74 Å². The lowest BCUT2D eigenvalue weighted by atomic mass is 10.0. The molecule has 4 rings (SSSR count). The van der Waals surface area contributed by atoms with Crippen LogP contribution >= 0.6 is 0 Å². The minimum Gasteiger partial charge on any atom is -0.394 e. The number of nitrogens with zero attached hydrogens (tertiary/aromatic N) is 3. The molecule has 168 valence electrons. The molecule has 0 radical (unpaired) electrons. The van der Waals surface area contributed by atoms with Crippen LogP contribution in [0, 0.1) is 0 Å². The van der Waals surface area contributed by atoms with Gasteiger partial charge in [-0.1, -0.05) is 30.4 Å². The first-order valence-electron chi connectivity index (χ1n) is 10.9. The highest BCUT2D eigenvalue weighted by Crippen LogP contribution is 2.19. The van der Waals surface area contributed by atoms with E-state index < -0.39 is 18.2 Å². The number of anilines is 1. The van der Waals surface area contributed by atoms with Crippen molar-refractivity contribution < 1.29 is 19.4 Å². The fourth-order valence-corrected chi connectivity index (χ4v) is 4.03. The summed E-state index contributed by atoms with van der Waals surface area (Å²) in [7, 11) is 0. The second kappa shape index (κ2) is 10.4. The molecule has 3 atom stereocenters. The van der Waals surface area contributed by atoms with Crippen molar-refractivity contribution in [3.63, 3.8) is 0 Å². The van der Waals surface area contributed by atoms with E-state index >= 15 is 0 Å². The van der Waals surface area contributed by atoms with Crippen LogP contribution in [0.2, 0.25) is 0 Å². The number of benzene rings is 1. The highest BCUT2D eigenvalue weighted by atomic mass is 16.5. The molecule has 1 fully saturated rings. The van der Waals surface area contributed by atoms with E-state index in [9.17, 15) is 14.7 Å². The smallest absolute Gasteiger partial charge is 0.251 e. The number of aromatic nitrogens is 1. The lowest BCUT2D eigenvalue weighted by molar-refractivity contribution is -0.135. The van der Waals surface area contributed by atoms with Gasteiger partial charge in [0.25, 0.3) is 5.91 Å². The van der Waals surface area contributed by atoms with Crippen molar-refractivity contribution in [3.05, 3.63) is 72.6 Å². The molecule has 2 N–H and O–H groups in total. The highest BCUT2D eigenvalue weighted by Gasteiger charge is 2.31. The number of carbonyl (C=O) groups excluding carboxylic acids is 2. The zero-order valence-electron chi connectivity index (χ0n) is 17.8. The molecule has 3 heterocycles. The van der Waals surface area contributed by atoms with Crippen LogP contribution in [0.25, 0.3) is 0 Å². The number of para-hydroxylation sites is 1. The average molecular weight is 437 g/mol. The first kappa shape index (κ1) is 22.0. The summed E-state index contributed by atoms with van der Waals surface area (Å²) in [4.78, 5) is 33.2. The van der Waals surface area contributed by atoms with Crippen LogP contribution in [-0.4, -0.2) is 77.8 Å². The van der Waals surface area contributed by atoms with E-state index in [-0.39, 0.29) is 24.8 Å². The van der Waals surface area contributed by atoms with Crippen LogP contribution in [0.3, 0.4) is 0 Å². The number of rotatable bonds is 6. The van der Waals surface area contributed by atoms with Crippen LogP contribution in [0.1, 0.15) is 16.8 Å². The molecule has 2 amide bonds. The molecule has 2 aliphatic rings. The third-order valence-electron chi connectivity index (χ3n) is 5.83. The van der Waals surface area contributed by atoms with E-state index in [1.807, 2.05) is 23.1 Å². The van der Waals surface area contributed by atoms with Crippen LogP contribution in [0.4, 0.5) is 5.69 Å². The van der Waals surface area contributed by atoms with Crippen LogP contribution < -0.4 is 10.2 Å². The number of hydrogen-bond acceptors (Lipinski definition) is 6. The van der Waals surface area contributed by atoms with Gasteiger partial charge in [-0.15, -0.1) is 0 Å². The van der Waals surface area contributed by atoms with Gasteiger partial charge in [0.15, 0.2) is 0 Å². The Labute approximate surface area is 187 Å². The van der Waals surface area contributed by atoms with E-state index in [1.54, 1.807) is 36.7 Å². The molecule has 1 aromatic heterocycles. The number of piperazine rings is 1. The van der Waals surface area contributed by atoms with Gasteiger partial charge in [0, 0.05) is 49.8 Å². The Morgan fingerprint density at radius 2 is 1.75 bits per heavy atom. The quantitative estimate of drug-likeness (QED) is 0.662. The Kier molecular flexibility index (Phi) is 7.14. The zero-order chi connectivity index (χ0) is 22.3.